The van der Waals surface area contributed by atoms with Crippen LogP contribution in [-0.4, -0.2) is 28.8 Å². The van der Waals surface area contributed by atoms with Crippen LogP contribution in [0.25, 0.3) is 0 Å². The summed E-state index contributed by atoms with van der Waals surface area (Å²) in [5.41, 5.74) is 15.9. The lowest BCUT2D eigenvalue weighted by atomic mass is 9.90. The molecule has 0 amide bonds. The molecule has 0 spiro atoms. The van der Waals surface area contributed by atoms with Gasteiger partial charge in [-0.3, -0.25) is 15.7 Å². The van der Waals surface area contributed by atoms with Crippen molar-refractivity contribution in [3.8, 4) is 0 Å². The molecule has 2 rings (SSSR count). The number of hydrogen-bond acceptors (Lipinski definition) is 6. The van der Waals surface area contributed by atoms with Crippen molar-refractivity contribution in [3.05, 3.63) is 35.4 Å². The molecule has 166 valence electrons. The van der Waals surface area contributed by atoms with Gasteiger partial charge in [0.15, 0.2) is 5.85 Å². The van der Waals surface area contributed by atoms with Crippen LogP contribution in [0.15, 0.2) is 24.3 Å². The van der Waals surface area contributed by atoms with E-state index in [0.29, 0.717) is 16.6 Å². The van der Waals surface area contributed by atoms with Crippen molar-refractivity contribution in [2.24, 2.45) is 11.5 Å². The standard InChI is InChI=1S/C21H38N2O4SSi/c1-15(2)29(16(3)4,17(5)6)27-21(22,23)20(11-12-20)19-10-8-9-18(13-19)14-26-28(7,24)25/h8-10,13,15-17H,11-12,14,22-23H2,1-7H3. The van der Waals surface area contributed by atoms with Gasteiger partial charge in [-0.2, -0.15) is 8.42 Å². The lowest BCUT2D eigenvalue weighted by molar-refractivity contribution is 0.0211. The molecule has 4 N–H and O–H groups in total. The highest BCUT2D eigenvalue weighted by molar-refractivity contribution is 7.85. The molecule has 6 nitrogen and oxygen atoms in total. The third kappa shape index (κ3) is 4.94. The van der Waals surface area contributed by atoms with Gasteiger partial charge in [-0.05, 0) is 40.6 Å². The predicted octanol–water partition coefficient (Wildman–Crippen LogP) is 3.96. The van der Waals surface area contributed by atoms with E-state index in [1.54, 1.807) is 0 Å². The quantitative estimate of drug-likeness (QED) is 0.323. The molecule has 8 heteroatoms. The second kappa shape index (κ2) is 8.40. The summed E-state index contributed by atoms with van der Waals surface area (Å²) in [5.74, 6) is -1.28. The maximum absolute atomic E-state index is 11.3. The summed E-state index contributed by atoms with van der Waals surface area (Å²) in [6, 6.07) is 7.68. The molecule has 1 aromatic rings. The van der Waals surface area contributed by atoms with Gasteiger partial charge in [0.1, 0.15) is 0 Å². The maximum Gasteiger partial charge on any atom is 0.264 e. The first-order chi connectivity index (χ1) is 13.2. The zero-order valence-electron chi connectivity index (χ0n) is 18.9. The van der Waals surface area contributed by atoms with Crippen LogP contribution in [0.2, 0.25) is 16.6 Å². The Hall–Kier alpha value is -0.773. The van der Waals surface area contributed by atoms with E-state index in [1.807, 2.05) is 24.3 Å². The number of rotatable bonds is 10. The normalized spacial score (nSPS) is 17.4. The number of nitrogens with two attached hydrogens (primary N) is 2. The fourth-order valence-corrected chi connectivity index (χ4v) is 10.7. The lowest BCUT2D eigenvalue weighted by Crippen LogP contribution is -2.68. The minimum atomic E-state index is -3.50. The molecule has 0 aliphatic heterocycles. The highest BCUT2D eigenvalue weighted by Crippen LogP contribution is 2.56. The first-order valence-electron chi connectivity index (χ1n) is 10.4. The molecular weight excluding hydrogens is 404 g/mol. The molecule has 1 aliphatic rings. The topological polar surface area (TPSA) is 105 Å². The minimum absolute atomic E-state index is 0.00553. The second-order valence-corrected chi connectivity index (χ2v) is 16.5. The van der Waals surface area contributed by atoms with Crippen molar-refractivity contribution in [3.63, 3.8) is 0 Å². The Labute approximate surface area is 177 Å². The average molecular weight is 443 g/mol. The largest absolute Gasteiger partial charge is 0.386 e. The molecule has 0 atom stereocenters. The highest BCUT2D eigenvalue weighted by atomic mass is 32.2. The van der Waals surface area contributed by atoms with Gasteiger partial charge in [0.2, 0.25) is 8.32 Å². The zero-order chi connectivity index (χ0) is 22.3. The summed E-state index contributed by atoms with van der Waals surface area (Å²) >= 11 is 0. The van der Waals surface area contributed by atoms with Gasteiger partial charge in [0.25, 0.3) is 10.1 Å². The number of benzene rings is 1. The fourth-order valence-electron chi connectivity index (χ4n) is 4.91. The van der Waals surface area contributed by atoms with Crippen molar-refractivity contribution in [1.29, 1.82) is 0 Å². The van der Waals surface area contributed by atoms with Crippen molar-refractivity contribution in [1.82, 2.24) is 0 Å². The SMILES string of the molecule is CC(C)[Si](OC(N)(N)C1(c2cccc(COS(C)(=O)=O)c2)CC1)(C(C)C)C(C)C. The second-order valence-electron chi connectivity index (χ2n) is 9.46. The van der Waals surface area contributed by atoms with E-state index < -0.39 is 29.7 Å². The Morgan fingerprint density at radius 1 is 1.07 bits per heavy atom. The van der Waals surface area contributed by atoms with E-state index in [0.717, 1.165) is 30.2 Å². The first kappa shape index (κ1) is 24.5. The Morgan fingerprint density at radius 3 is 2.00 bits per heavy atom. The molecule has 0 radical (unpaired) electrons. The third-order valence-corrected chi connectivity index (χ3v) is 13.1. The summed E-state index contributed by atoms with van der Waals surface area (Å²) in [6.45, 7) is 13.3. The van der Waals surface area contributed by atoms with Crippen LogP contribution in [-0.2, 0) is 30.7 Å². The van der Waals surface area contributed by atoms with E-state index >= 15 is 0 Å². The molecule has 0 heterocycles. The van der Waals surface area contributed by atoms with Gasteiger partial charge >= 0.3 is 0 Å². The van der Waals surface area contributed by atoms with E-state index in [9.17, 15) is 8.42 Å². The van der Waals surface area contributed by atoms with Gasteiger partial charge in [-0.15, -0.1) is 0 Å². The summed E-state index contributed by atoms with van der Waals surface area (Å²) < 4.78 is 34.4. The molecule has 1 aliphatic carbocycles. The van der Waals surface area contributed by atoms with Crippen LogP contribution in [0.3, 0.4) is 0 Å². The average Bonchev–Trinajstić information content (AvgIpc) is 3.39. The molecule has 0 aromatic heterocycles. The zero-order valence-corrected chi connectivity index (χ0v) is 20.7. The van der Waals surface area contributed by atoms with Crippen LogP contribution < -0.4 is 11.5 Å². The monoisotopic (exact) mass is 442 g/mol. The van der Waals surface area contributed by atoms with Gasteiger partial charge in [-0.25, -0.2) is 0 Å². The van der Waals surface area contributed by atoms with Gasteiger partial charge in [-0.1, -0.05) is 65.8 Å². The summed E-state index contributed by atoms with van der Waals surface area (Å²) in [6.07, 6.45) is 2.73. The molecule has 1 fully saturated rings. The molecule has 0 bridgehead atoms. The summed E-state index contributed by atoms with van der Waals surface area (Å²) in [5, 5.41) is 0. The minimum Gasteiger partial charge on any atom is -0.386 e. The smallest absolute Gasteiger partial charge is 0.264 e. The molecule has 0 unspecified atom stereocenters. The number of hydrogen-bond donors (Lipinski definition) is 2. The molecule has 0 saturated heterocycles. The molecule has 1 saturated carbocycles. The van der Waals surface area contributed by atoms with Crippen molar-refractivity contribution >= 4 is 18.4 Å². The van der Waals surface area contributed by atoms with E-state index in [-0.39, 0.29) is 6.61 Å². The maximum atomic E-state index is 11.3. The van der Waals surface area contributed by atoms with Crippen molar-refractivity contribution < 1.29 is 17.0 Å². The van der Waals surface area contributed by atoms with Gasteiger partial charge < -0.3 is 4.43 Å². The van der Waals surface area contributed by atoms with Crippen molar-refractivity contribution in [2.45, 2.75) is 88.9 Å². The first-order valence-corrected chi connectivity index (χ1v) is 14.4. The predicted molar refractivity (Wildman–Crippen MR) is 120 cm³/mol. The molecule has 1 aromatic carbocycles. The Balaban J connectivity index is 2.37. The summed E-state index contributed by atoms with van der Waals surface area (Å²) in [4.78, 5) is 0. The molecule has 29 heavy (non-hydrogen) atoms. The Kier molecular flexibility index (Phi) is 7.09. The lowest BCUT2D eigenvalue weighted by Gasteiger charge is -2.49. The van der Waals surface area contributed by atoms with Gasteiger partial charge in [0.05, 0.1) is 18.3 Å². The molecular formula is C21H38N2O4SSi. The summed E-state index contributed by atoms with van der Waals surface area (Å²) in [7, 11) is -5.78. The van der Waals surface area contributed by atoms with Crippen LogP contribution in [0.5, 0.6) is 0 Å². The van der Waals surface area contributed by atoms with Crippen molar-refractivity contribution in [2.75, 3.05) is 6.26 Å². The van der Waals surface area contributed by atoms with E-state index in [2.05, 4.69) is 41.5 Å². The highest BCUT2D eigenvalue weighted by Gasteiger charge is 2.62. The fraction of sp³-hybridized carbons (Fsp3) is 0.714. The van der Waals surface area contributed by atoms with Crippen LogP contribution in [0.1, 0.15) is 65.5 Å². The van der Waals surface area contributed by atoms with Crippen LogP contribution >= 0.6 is 0 Å². The van der Waals surface area contributed by atoms with Crippen LogP contribution in [0.4, 0.5) is 0 Å². The third-order valence-electron chi connectivity index (χ3n) is 6.47. The van der Waals surface area contributed by atoms with Crippen LogP contribution in [0, 0.1) is 0 Å². The van der Waals surface area contributed by atoms with E-state index in [1.165, 1.54) is 0 Å². The Bertz CT molecular complexity index is 796. The van der Waals surface area contributed by atoms with Gasteiger partial charge in [0, 0.05) is 0 Å². The van der Waals surface area contributed by atoms with E-state index in [4.69, 9.17) is 20.1 Å². The Morgan fingerprint density at radius 2 is 1.59 bits per heavy atom.